The van der Waals surface area contributed by atoms with Crippen LogP contribution in [0.4, 0.5) is 52.7 Å². The van der Waals surface area contributed by atoms with Crippen LogP contribution in [0.5, 0.6) is 0 Å². The minimum absolute atomic E-state index is 0.178. The number of hydrogen-bond donors (Lipinski definition) is 1. The van der Waals surface area contributed by atoms with E-state index in [-0.39, 0.29) is 12.5 Å². The third-order valence-corrected chi connectivity index (χ3v) is 12.2. The molecule has 15 heteroatoms. The number of rotatable bonds is 4. The van der Waals surface area contributed by atoms with Gasteiger partial charge in [-0.1, -0.05) is 0 Å². The fourth-order valence-corrected chi connectivity index (χ4v) is 10.9. The molecular formula is C22H19F12O2P. The summed E-state index contributed by atoms with van der Waals surface area (Å²) in [5.74, 6) is 0. The van der Waals surface area contributed by atoms with Gasteiger partial charge in [0.05, 0.1) is 0 Å². The molecule has 0 amide bonds. The predicted molar refractivity (Wildman–Crippen MR) is 111 cm³/mol. The van der Waals surface area contributed by atoms with E-state index in [4.69, 9.17) is 4.52 Å². The molecule has 1 heterocycles. The van der Waals surface area contributed by atoms with Gasteiger partial charge in [0.25, 0.3) is 0 Å². The molecule has 0 radical (unpaired) electrons. The second-order valence-corrected chi connectivity index (χ2v) is 13.9. The molecule has 2 aromatic rings. The van der Waals surface area contributed by atoms with Crippen molar-refractivity contribution in [2.24, 2.45) is 0 Å². The quantitative estimate of drug-likeness (QED) is 0.322. The minimum atomic E-state index is -6.46. The first kappa shape index (κ1) is 29.5. The molecule has 0 unspecified atom stereocenters. The van der Waals surface area contributed by atoms with Crippen molar-refractivity contribution in [2.75, 3.05) is 12.8 Å². The number of benzene rings is 2. The van der Waals surface area contributed by atoms with Crippen LogP contribution in [0.2, 0.25) is 0 Å². The Kier molecular flexibility index (Phi) is 6.56. The number of hydrogen-bond acceptors (Lipinski definition) is 2. The SMILES string of the molecule is CCCP1(C)(c2ccccc2C(O)(C(F)(F)F)C(F)(F)F)OC(C(F)(F)F)(C(F)(F)F)c2ccccc21. The number of aliphatic hydroxyl groups is 1. The first-order valence-corrected chi connectivity index (χ1v) is 13.2. The molecule has 2 nitrogen and oxygen atoms in total. The molecule has 0 saturated carbocycles. The van der Waals surface area contributed by atoms with Crippen LogP contribution in [0.15, 0.2) is 48.5 Å². The molecule has 0 aliphatic carbocycles. The second-order valence-electron chi connectivity index (χ2n) is 8.92. The molecule has 1 N–H and O–H groups in total. The fraction of sp³-hybridized carbons (Fsp3) is 0.455. The van der Waals surface area contributed by atoms with Crippen LogP contribution in [0.1, 0.15) is 24.5 Å². The van der Waals surface area contributed by atoms with E-state index in [1.807, 2.05) is 0 Å². The molecule has 37 heavy (non-hydrogen) atoms. The average molecular weight is 574 g/mol. The zero-order valence-electron chi connectivity index (χ0n) is 18.9. The van der Waals surface area contributed by atoms with Crippen LogP contribution in [0.3, 0.4) is 0 Å². The Morgan fingerprint density at radius 3 is 1.59 bits per heavy atom. The van der Waals surface area contributed by atoms with Crippen LogP contribution >= 0.6 is 6.83 Å². The van der Waals surface area contributed by atoms with Crippen molar-refractivity contribution in [1.82, 2.24) is 0 Å². The van der Waals surface area contributed by atoms with E-state index in [0.717, 1.165) is 24.3 Å². The van der Waals surface area contributed by atoms with Crippen molar-refractivity contribution >= 4 is 17.4 Å². The number of halogens is 12. The summed E-state index contributed by atoms with van der Waals surface area (Å²) < 4.78 is 174. The molecule has 0 bridgehead atoms. The van der Waals surface area contributed by atoms with Gasteiger partial charge < -0.3 is 0 Å². The van der Waals surface area contributed by atoms with E-state index in [0.29, 0.717) is 24.9 Å². The Labute approximate surface area is 202 Å². The Balaban J connectivity index is 2.61. The second kappa shape index (κ2) is 8.22. The van der Waals surface area contributed by atoms with E-state index in [1.165, 1.54) is 6.92 Å². The molecule has 0 aromatic heterocycles. The molecule has 1 aliphatic rings. The van der Waals surface area contributed by atoms with Gasteiger partial charge in [-0.15, -0.1) is 0 Å². The Morgan fingerprint density at radius 1 is 0.730 bits per heavy atom. The molecule has 1 aliphatic heterocycles. The molecular weight excluding hydrogens is 555 g/mol. The van der Waals surface area contributed by atoms with Crippen molar-refractivity contribution in [3.8, 4) is 0 Å². The summed E-state index contributed by atoms with van der Waals surface area (Å²) in [6, 6.07) is 5.27. The summed E-state index contributed by atoms with van der Waals surface area (Å²) in [5, 5.41) is 8.12. The van der Waals surface area contributed by atoms with Gasteiger partial charge >= 0.3 is 201 Å². The number of fused-ring (bicyclic) bond motifs is 1. The van der Waals surface area contributed by atoms with E-state index >= 15 is 0 Å². The Morgan fingerprint density at radius 2 is 1.16 bits per heavy atom. The van der Waals surface area contributed by atoms with Gasteiger partial charge in [0.2, 0.25) is 0 Å². The van der Waals surface area contributed by atoms with Crippen LogP contribution in [0, 0.1) is 0 Å². The van der Waals surface area contributed by atoms with Gasteiger partial charge in [0.15, 0.2) is 0 Å². The summed E-state index contributed by atoms with van der Waals surface area (Å²) in [7, 11) is 0. The van der Waals surface area contributed by atoms with E-state index in [2.05, 4.69) is 0 Å². The van der Waals surface area contributed by atoms with Crippen molar-refractivity contribution in [3.63, 3.8) is 0 Å². The van der Waals surface area contributed by atoms with Crippen molar-refractivity contribution in [3.05, 3.63) is 59.7 Å². The van der Waals surface area contributed by atoms with Gasteiger partial charge in [-0.05, 0) is 0 Å². The molecule has 3 rings (SSSR count). The molecule has 208 valence electrons. The summed E-state index contributed by atoms with van der Waals surface area (Å²) in [5.41, 5.74) is -14.1. The van der Waals surface area contributed by atoms with Crippen LogP contribution in [-0.2, 0) is 15.7 Å². The van der Waals surface area contributed by atoms with E-state index in [1.54, 1.807) is 0 Å². The van der Waals surface area contributed by atoms with Gasteiger partial charge in [-0.2, -0.15) is 0 Å². The van der Waals surface area contributed by atoms with Crippen LogP contribution in [0.25, 0.3) is 0 Å². The fourth-order valence-electron chi connectivity index (χ4n) is 5.08. The summed E-state index contributed by atoms with van der Waals surface area (Å²) in [6.45, 7) is -3.74. The summed E-state index contributed by atoms with van der Waals surface area (Å²) >= 11 is 0. The average Bonchev–Trinajstić information content (AvgIpc) is 3.00. The first-order valence-electron chi connectivity index (χ1n) is 10.5. The predicted octanol–water partition coefficient (Wildman–Crippen LogP) is 6.81. The van der Waals surface area contributed by atoms with Crippen LogP contribution in [-0.4, -0.2) is 42.6 Å². The third kappa shape index (κ3) is 3.76. The van der Waals surface area contributed by atoms with Gasteiger partial charge in [-0.25, -0.2) is 0 Å². The van der Waals surface area contributed by atoms with Crippen LogP contribution < -0.4 is 10.6 Å². The Bertz CT molecular complexity index is 1160. The van der Waals surface area contributed by atoms with E-state index in [9.17, 15) is 57.8 Å². The first-order chi connectivity index (χ1) is 16.5. The van der Waals surface area contributed by atoms with Crippen molar-refractivity contribution < 1.29 is 62.3 Å². The van der Waals surface area contributed by atoms with Gasteiger partial charge in [0, 0.05) is 0 Å². The number of alkyl halides is 12. The zero-order chi connectivity index (χ0) is 28.5. The van der Waals surface area contributed by atoms with Crippen molar-refractivity contribution in [2.45, 2.75) is 49.3 Å². The Hall–Kier alpha value is -2.05. The molecule has 0 saturated heterocycles. The standard InChI is InChI=1S/C22H19F12O2P/c1-3-12-37(2,15-10-6-4-8-13(15)17(35,19(23,24)25)20(26,27)28)16-11-7-5-9-14(16)18(36-37,21(29,30)31)22(32,33)34/h4-11,35H,3,12H2,1-2H3. The normalized spacial score (nSPS) is 20.7. The van der Waals surface area contributed by atoms with Crippen molar-refractivity contribution in [1.29, 1.82) is 0 Å². The topological polar surface area (TPSA) is 29.5 Å². The molecule has 2 aromatic carbocycles. The van der Waals surface area contributed by atoms with E-state index < -0.39 is 70.6 Å². The maximum atomic E-state index is 14.3. The summed E-state index contributed by atoms with van der Waals surface area (Å²) in [4.78, 5) is 0. The summed E-state index contributed by atoms with van der Waals surface area (Å²) in [6.07, 6.45) is -26.4. The third-order valence-electron chi connectivity index (χ3n) is 6.60. The molecule has 0 atom stereocenters. The maximum absolute atomic E-state index is 14.3. The molecule has 0 spiro atoms. The monoisotopic (exact) mass is 574 g/mol. The molecule has 0 fully saturated rings. The van der Waals surface area contributed by atoms with Gasteiger partial charge in [0.1, 0.15) is 0 Å². The zero-order valence-corrected chi connectivity index (χ0v) is 19.8. The van der Waals surface area contributed by atoms with Gasteiger partial charge in [-0.3, -0.25) is 0 Å².